The Morgan fingerprint density at radius 3 is 2.76 bits per heavy atom. The van der Waals surface area contributed by atoms with Crippen molar-refractivity contribution in [3.8, 4) is 5.75 Å². The smallest absolute Gasteiger partial charge is 0.193 e. The molecule has 108 valence electrons. The lowest BCUT2D eigenvalue weighted by atomic mass is 9.91. The van der Waals surface area contributed by atoms with Crippen LogP contribution in [0.2, 0.25) is 0 Å². The van der Waals surface area contributed by atoms with Gasteiger partial charge in [-0.15, -0.1) is 0 Å². The van der Waals surface area contributed by atoms with E-state index in [0.717, 1.165) is 30.8 Å². The molecule has 0 fully saturated rings. The number of ether oxygens (including phenoxy) is 1. The van der Waals surface area contributed by atoms with Gasteiger partial charge in [0.1, 0.15) is 5.75 Å². The highest BCUT2D eigenvalue weighted by atomic mass is 16.5. The predicted molar refractivity (Wildman–Crippen MR) is 82.9 cm³/mol. The van der Waals surface area contributed by atoms with Crippen molar-refractivity contribution in [3.05, 3.63) is 64.7 Å². The van der Waals surface area contributed by atoms with Crippen LogP contribution < -0.4 is 10.1 Å². The van der Waals surface area contributed by atoms with Crippen molar-refractivity contribution in [2.45, 2.75) is 19.9 Å². The van der Waals surface area contributed by atoms with Crippen molar-refractivity contribution in [2.24, 2.45) is 0 Å². The summed E-state index contributed by atoms with van der Waals surface area (Å²) < 4.78 is 5.42. The highest BCUT2D eigenvalue weighted by Gasteiger charge is 2.18. The monoisotopic (exact) mass is 281 g/mol. The first-order valence-electron chi connectivity index (χ1n) is 7.38. The maximum atomic E-state index is 12.7. The predicted octanol–water partition coefficient (Wildman–Crippen LogP) is 2.96. The lowest BCUT2D eigenvalue weighted by molar-refractivity contribution is 0.103. The zero-order chi connectivity index (χ0) is 14.7. The minimum absolute atomic E-state index is 0.0943. The Labute approximate surface area is 124 Å². The summed E-state index contributed by atoms with van der Waals surface area (Å²) in [7, 11) is 0. The molecule has 0 atom stereocenters. The minimum Gasteiger partial charge on any atom is -0.494 e. The van der Waals surface area contributed by atoms with E-state index in [-0.39, 0.29) is 5.78 Å². The molecule has 0 spiro atoms. The van der Waals surface area contributed by atoms with Gasteiger partial charge in [-0.05, 0) is 55.3 Å². The zero-order valence-electron chi connectivity index (χ0n) is 12.2. The molecular weight excluding hydrogens is 262 g/mol. The van der Waals surface area contributed by atoms with Crippen LogP contribution >= 0.6 is 0 Å². The molecule has 2 aromatic rings. The molecule has 1 aliphatic heterocycles. The Kier molecular flexibility index (Phi) is 4.02. The van der Waals surface area contributed by atoms with Crippen molar-refractivity contribution >= 4 is 5.78 Å². The van der Waals surface area contributed by atoms with E-state index in [9.17, 15) is 4.79 Å². The van der Waals surface area contributed by atoms with E-state index in [0.29, 0.717) is 12.2 Å². The number of carbonyl (C=O) groups excluding carboxylic acids is 1. The SMILES string of the molecule is CCOc1ccc(C(=O)c2cccc3c2CCNC3)cc1. The summed E-state index contributed by atoms with van der Waals surface area (Å²) in [6, 6.07) is 13.4. The highest BCUT2D eigenvalue weighted by molar-refractivity contribution is 6.10. The van der Waals surface area contributed by atoms with Gasteiger partial charge in [0.25, 0.3) is 0 Å². The third kappa shape index (κ3) is 2.83. The first-order valence-corrected chi connectivity index (χ1v) is 7.38. The molecule has 3 nitrogen and oxygen atoms in total. The third-order valence-electron chi connectivity index (χ3n) is 3.81. The standard InChI is InChI=1S/C18H19NO2/c1-2-21-15-8-6-13(7-9-15)18(20)17-5-3-4-14-12-19-11-10-16(14)17/h3-9,19H,2,10-12H2,1H3. The normalized spacial score (nSPS) is 13.6. The molecule has 0 unspecified atom stereocenters. The molecule has 0 saturated heterocycles. The number of rotatable bonds is 4. The van der Waals surface area contributed by atoms with Gasteiger partial charge in [0.15, 0.2) is 5.78 Å². The van der Waals surface area contributed by atoms with Crippen molar-refractivity contribution in [2.75, 3.05) is 13.2 Å². The lowest BCUT2D eigenvalue weighted by Gasteiger charge is -2.19. The first-order chi connectivity index (χ1) is 10.3. The summed E-state index contributed by atoms with van der Waals surface area (Å²) in [6.07, 6.45) is 0.911. The van der Waals surface area contributed by atoms with Crippen LogP contribution in [0.1, 0.15) is 34.0 Å². The van der Waals surface area contributed by atoms with Crippen LogP contribution in [0, 0.1) is 0 Å². The minimum atomic E-state index is 0.0943. The molecule has 1 aliphatic rings. The summed E-state index contributed by atoms with van der Waals surface area (Å²) in [4.78, 5) is 12.7. The molecule has 0 saturated carbocycles. The van der Waals surface area contributed by atoms with E-state index in [2.05, 4.69) is 11.4 Å². The van der Waals surface area contributed by atoms with Gasteiger partial charge in [-0.3, -0.25) is 4.79 Å². The second-order valence-corrected chi connectivity index (χ2v) is 5.16. The summed E-state index contributed by atoms with van der Waals surface area (Å²) in [6.45, 7) is 4.36. The largest absolute Gasteiger partial charge is 0.494 e. The summed E-state index contributed by atoms with van der Waals surface area (Å²) in [5.74, 6) is 0.894. The molecule has 3 rings (SSSR count). The number of fused-ring (bicyclic) bond motifs is 1. The van der Waals surface area contributed by atoms with Crippen LogP contribution in [0.5, 0.6) is 5.75 Å². The number of ketones is 1. The lowest BCUT2D eigenvalue weighted by Crippen LogP contribution is -2.25. The molecule has 1 heterocycles. The molecule has 0 amide bonds. The molecule has 3 heteroatoms. The Hall–Kier alpha value is -2.13. The van der Waals surface area contributed by atoms with Gasteiger partial charge in [0.2, 0.25) is 0 Å². The van der Waals surface area contributed by atoms with Crippen molar-refractivity contribution in [1.82, 2.24) is 5.32 Å². The maximum absolute atomic E-state index is 12.7. The number of nitrogens with one attached hydrogen (secondary N) is 1. The van der Waals surface area contributed by atoms with E-state index in [1.165, 1.54) is 11.1 Å². The molecule has 1 N–H and O–H groups in total. The summed E-state index contributed by atoms with van der Waals surface area (Å²) in [5.41, 5.74) is 3.97. The van der Waals surface area contributed by atoms with Gasteiger partial charge in [0.05, 0.1) is 6.61 Å². The van der Waals surface area contributed by atoms with E-state index in [1.807, 2.05) is 43.3 Å². The second-order valence-electron chi connectivity index (χ2n) is 5.16. The fourth-order valence-corrected chi connectivity index (χ4v) is 2.77. The Bertz CT molecular complexity index is 647. The van der Waals surface area contributed by atoms with E-state index in [1.54, 1.807) is 0 Å². The topological polar surface area (TPSA) is 38.3 Å². The summed E-state index contributed by atoms with van der Waals surface area (Å²) >= 11 is 0. The number of hydrogen-bond donors (Lipinski definition) is 1. The van der Waals surface area contributed by atoms with Crippen LogP contribution in [0.3, 0.4) is 0 Å². The van der Waals surface area contributed by atoms with Crippen LogP contribution in [-0.4, -0.2) is 18.9 Å². The molecule has 2 aromatic carbocycles. The van der Waals surface area contributed by atoms with Crippen LogP contribution in [0.4, 0.5) is 0 Å². The van der Waals surface area contributed by atoms with Crippen LogP contribution in [-0.2, 0) is 13.0 Å². The van der Waals surface area contributed by atoms with Crippen molar-refractivity contribution in [3.63, 3.8) is 0 Å². The summed E-state index contributed by atoms with van der Waals surface area (Å²) in [5, 5.41) is 3.34. The Balaban J connectivity index is 1.91. The van der Waals surface area contributed by atoms with E-state index < -0.39 is 0 Å². The number of carbonyl (C=O) groups is 1. The molecular formula is C18H19NO2. The van der Waals surface area contributed by atoms with Crippen LogP contribution in [0.15, 0.2) is 42.5 Å². The van der Waals surface area contributed by atoms with Gasteiger partial charge in [-0.25, -0.2) is 0 Å². The van der Waals surface area contributed by atoms with E-state index >= 15 is 0 Å². The fourth-order valence-electron chi connectivity index (χ4n) is 2.77. The maximum Gasteiger partial charge on any atom is 0.193 e. The van der Waals surface area contributed by atoms with Crippen LogP contribution in [0.25, 0.3) is 0 Å². The molecule has 0 radical (unpaired) electrons. The third-order valence-corrected chi connectivity index (χ3v) is 3.81. The van der Waals surface area contributed by atoms with Crippen molar-refractivity contribution < 1.29 is 9.53 Å². The van der Waals surface area contributed by atoms with Gasteiger partial charge in [-0.1, -0.05) is 18.2 Å². The molecule has 0 bridgehead atoms. The quantitative estimate of drug-likeness (QED) is 0.876. The molecule has 21 heavy (non-hydrogen) atoms. The van der Waals surface area contributed by atoms with Gasteiger partial charge in [0, 0.05) is 17.7 Å². The Morgan fingerprint density at radius 2 is 2.00 bits per heavy atom. The second kappa shape index (κ2) is 6.10. The van der Waals surface area contributed by atoms with Gasteiger partial charge >= 0.3 is 0 Å². The highest BCUT2D eigenvalue weighted by Crippen LogP contribution is 2.22. The van der Waals surface area contributed by atoms with Crippen molar-refractivity contribution in [1.29, 1.82) is 0 Å². The number of hydrogen-bond acceptors (Lipinski definition) is 3. The molecule has 0 aliphatic carbocycles. The Morgan fingerprint density at radius 1 is 1.19 bits per heavy atom. The number of benzene rings is 2. The fraction of sp³-hybridized carbons (Fsp3) is 0.278. The average Bonchev–Trinajstić information content (AvgIpc) is 2.55. The zero-order valence-corrected chi connectivity index (χ0v) is 12.2. The van der Waals surface area contributed by atoms with Gasteiger partial charge < -0.3 is 10.1 Å². The molecule has 0 aromatic heterocycles. The average molecular weight is 281 g/mol. The first kappa shape index (κ1) is 13.8. The van der Waals surface area contributed by atoms with E-state index in [4.69, 9.17) is 4.74 Å². The van der Waals surface area contributed by atoms with Gasteiger partial charge in [-0.2, -0.15) is 0 Å².